The minimum atomic E-state index is -0.789. The Morgan fingerprint density at radius 3 is 0.875 bits per heavy atom. The number of carbonyl (C=O) groups is 3. The predicted octanol–water partition coefficient (Wildman–Crippen LogP) is 20.7. The van der Waals surface area contributed by atoms with Gasteiger partial charge in [-0.25, -0.2) is 0 Å². The molecule has 0 radical (unpaired) electrons. The molecule has 6 nitrogen and oxygen atoms in total. The Labute approximate surface area is 445 Å². The van der Waals surface area contributed by atoms with Crippen LogP contribution < -0.4 is 0 Å². The van der Waals surface area contributed by atoms with Crippen molar-refractivity contribution in [2.45, 2.75) is 303 Å². The Bertz CT molecular complexity index is 1380. The molecular formula is C66H114O6. The highest BCUT2D eigenvalue weighted by molar-refractivity contribution is 5.71. The molecule has 414 valence electrons. The molecule has 0 aliphatic carbocycles. The lowest BCUT2D eigenvalue weighted by Gasteiger charge is -2.18. The molecule has 0 rings (SSSR count). The Hall–Kier alpha value is -3.41. The van der Waals surface area contributed by atoms with Crippen molar-refractivity contribution in [3.63, 3.8) is 0 Å². The Morgan fingerprint density at radius 1 is 0.278 bits per heavy atom. The Kier molecular flexibility index (Phi) is 57.3. The molecule has 0 aromatic carbocycles. The first-order valence-electron chi connectivity index (χ1n) is 30.6. The second kappa shape index (κ2) is 60.1. The van der Waals surface area contributed by atoms with Gasteiger partial charge in [0.05, 0.1) is 0 Å². The average Bonchev–Trinajstić information content (AvgIpc) is 3.38. The molecule has 0 aromatic heterocycles. The summed E-state index contributed by atoms with van der Waals surface area (Å²) in [6, 6.07) is 0. The largest absolute Gasteiger partial charge is 0.462 e. The maximum atomic E-state index is 12.9. The Morgan fingerprint density at radius 2 is 0.528 bits per heavy atom. The van der Waals surface area contributed by atoms with Crippen molar-refractivity contribution in [1.82, 2.24) is 0 Å². The first kappa shape index (κ1) is 68.6. The van der Waals surface area contributed by atoms with E-state index in [0.717, 1.165) is 109 Å². The van der Waals surface area contributed by atoms with Crippen LogP contribution in [0.15, 0.2) is 85.1 Å². The zero-order chi connectivity index (χ0) is 52.2. The lowest BCUT2D eigenvalue weighted by atomic mass is 10.1. The van der Waals surface area contributed by atoms with E-state index in [-0.39, 0.29) is 31.1 Å². The van der Waals surface area contributed by atoms with Crippen LogP contribution in [-0.4, -0.2) is 37.2 Å². The van der Waals surface area contributed by atoms with E-state index < -0.39 is 6.10 Å². The number of hydrogen-bond acceptors (Lipinski definition) is 6. The van der Waals surface area contributed by atoms with Crippen molar-refractivity contribution >= 4 is 17.9 Å². The number of unbranched alkanes of at least 4 members (excludes halogenated alkanes) is 30. The van der Waals surface area contributed by atoms with Crippen molar-refractivity contribution in [2.24, 2.45) is 0 Å². The predicted molar refractivity (Wildman–Crippen MR) is 311 cm³/mol. The smallest absolute Gasteiger partial charge is 0.306 e. The van der Waals surface area contributed by atoms with E-state index in [1.807, 2.05) is 0 Å². The van der Waals surface area contributed by atoms with Gasteiger partial charge < -0.3 is 14.2 Å². The van der Waals surface area contributed by atoms with Crippen LogP contribution in [0, 0.1) is 0 Å². The second-order valence-corrected chi connectivity index (χ2v) is 20.2. The zero-order valence-electron chi connectivity index (χ0n) is 47.4. The maximum Gasteiger partial charge on any atom is 0.306 e. The van der Waals surface area contributed by atoms with E-state index in [2.05, 4.69) is 106 Å². The van der Waals surface area contributed by atoms with Crippen LogP contribution in [-0.2, 0) is 28.6 Å². The molecule has 0 amide bonds. The zero-order valence-corrected chi connectivity index (χ0v) is 47.4. The minimum Gasteiger partial charge on any atom is -0.462 e. The molecular weight excluding hydrogens is 889 g/mol. The number of allylic oxidation sites excluding steroid dienone is 14. The fourth-order valence-electron chi connectivity index (χ4n) is 8.46. The van der Waals surface area contributed by atoms with E-state index in [1.54, 1.807) is 0 Å². The fourth-order valence-corrected chi connectivity index (χ4v) is 8.46. The van der Waals surface area contributed by atoms with Crippen LogP contribution in [0.2, 0.25) is 0 Å². The number of ether oxygens (including phenoxy) is 3. The van der Waals surface area contributed by atoms with E-state index in [1.165, 1.54) is 148 Å². The molecule has 0 saturated heterocycles. The van der Waals surface area contributed by atoms with Crippen LogP contribution in [0.25, 0.3) is 0 Å². The van der Waals surface area contributed by atoms with Gasteiger partial charge in [-0.2, -0.15) is 0 Å². The lowest BCUT2D eigenvalue weighted by Crippen LogP contribution is -2.30. The summed E-state index contributed by atoms with van der Waals surface area (Å²) in [4.78, 5) is 38.2. The summed E-state index contributed by atoms with van der Waals surface area (Å²) in [5.41, 5.74) is 0. The molecule has 0 bridgehead atoms. The van der Waals surface area contributed by atoms with Gasteiger partial charge in [-0.1, -0.05) is 247 Å². The molecule has 0 spiro atoms. The van der Waals surface area contributed by atoms with Gasteiger partial charge in [0.25, 0.3) is 0 Å². The van der Waals surface area contributed by atoms with Crippen molar-refractivity contribution in [3.05, 3.63) is 85.1 Å². The summed E-state index contributed by atoms with van der Waals surface area (Å²) in [5, 5.41) is 0. The van der Waals surface area contributed by atoms with Gasteiger partial charge in [0.15, 0.2) is 6.10 Å². The van der Waals surface area contributed by atoms with Crippen LogP contribution in [0.3, 0.4) is 0 Å². The average molecular weight is 1000 g/mol. The van der Waals surface area contributed by atoms with Crippen LogP contribution in [0.4, 0.5) is 0 Å². The minimum absolute atomic E-state index is 0.0864. The van der Waals surface area contributed by atoms with E-state index in [0.29, 0.717) is 19.3 Å². The van der Waals surface area contributed by atoms with Crippen LogP contribution in [0.1, 0.15) is 297 Å². The summed E-state index contributed by atoms with van der Waals surface area (Å²) >= 11 is 0. The quantitative estimate of drug-likeness (QED) is 0.0261. The summed E-state index contributed by atoms with van der Waals surface area (Å²) in [7, 11) is 0. The van der Waals surface area contributed by atoms with Crippen molar-refractivity contribution in [1.29, 1.82) is 0 Å². The van der Waals surface area contributed by atoms with Crippen LogP contribution >= 0.6 is 0 Å². The highest BCUT2D eigenvalue weighted by Gasteiger charge is 2.19. The van der Waals surface area contributed by atoms with E-state index in [4.69, 9.17) is 14.2 Å². The van der Waals surface area contributed by atoms with Gasteiger partial charge in [-0.3, -0.25) is 14.4 Å². The molecule has 0 aliphatic heterocycles. The molecule has 0 heterocycles. The monoisotopic (exact) mass is 1000 g/mol. The van der Waals surface area contributed by atoms with Gasteiger partial charge in [0, 0.05) is 19.3 Å². The third-order valence-electron chi connectivity index (χ3n) is 13.1. The molecule has 0 aromatic rings. The molecule has 1 unspecified atom stereocenters. The number of hydrogen-bond donors (Lipinski definition) is 0. The molecule has 0 aliphatic rings. The SMILES string of the molecule is CCC/C=C\CCCCCCCC(=O)OCC(COC(=O)CCCCCCCCCCCC/C=C\C/C=C\C/C=C\CCCCCCC)OC(=O)CCCCCCCC/C=C\C/C=C\C/C=C\CCCCC. The van der Waals surface area contributed by atoms with E-state index >= 15 is 0 Å². The maximum absolute atomic E-state index is 12.9. The van der Waals surface area contributed by atoms with Crippen molar-refractivity contribution < 1.29 is 28.6 Å². The van der Waals surface area contributed by atoms with Gasteiger partial charge in [-0.05, 0) is 116 Å². The highest BCUT2D eigenvalue weighted by atomic mass is 16.6. The Balaban J connectivity index is 4.29. The van der Waals surface area contributed by atoms with Crippen LogP contribution in [0.5, 0.6) is 0 Å². The topological polar surface area (TPSA) is 78.9 Å². The molecule has 0 saturated carbocycles. The van der Waals surface area contributed by atoms with Gasteiger partial charge in [0.1, 0.15) is 13.2 Å². The summed E-state index contributed by atoms with van der Waals surface area (Å²) in [6.07, 6.45) is 78.7. The third-order valence-corrected chi connectivity index (χ3v) is 13.1. The molecule has 0 fully saturated rings. The second-order valence-electron chi connectivity index (χ2n) is 20.2. The third kappa shape index (κ3) is 57.5. The summed E-state index contributed by atoms with van der Waals surface area (Å²) in [6.45, 7) is 6.53. The summed E-state index contributed by atoms with van der Waals surface area (Å²) < 4.78 is 16.9. The number of esters is 3. The molecule has 0 N–H and O–H groups in total. The fraction of sp³-hybridized carbons (Fsp3) is 0.742. The van der Waals surface area contributed by atoms with Gasteiger partial charge >= 0.3 is 17.9 Å². The first-order chi connectivity index (χ1) is 35.5. The molecule has 1 atom stereocenters. The normalized spacial score (nSPS) is 12.7. The lowest BCUT2D eigenvalue weighted by molar-refractivity contribution is -0.167. The molecule has 72 heavy (non-hydrogen) atoms. The first-order valence-corrected chi connectivity index (χ1v) is 30.6. The number of carbonyl (C=O) groups excluding carboxylic acids is 3. The van der Waals surface area contributed by atoms with Gasteiger partial charge in [0.2, 0.25) is 0 Å². The van der Waals surface area contributed by atoms with Crippen molar-refractivity contribution in [2.75, 3.05) is 13.2 Å². The number of rotatable bonds is 55. The van der Waals surface area contributed by atoms with E-state index in [9.17, 15) is 14.4 Å². The van der Waals surface area contributed by atoms with Crippen molar-refractivity contribution in [3.8, 4) is 0 Å². The highest BCUT2D eigenvalue weighted by Crippen LogP contribution is 2.15. The summed E-state index contributed by atoms with van der Waals surface area (Å²) in [5.74, 6) is -0.907. The standard InChI is InChI=1S/C66H114O6/c1-4-7-10-13-16-19-22-24-26-28-30-31-32-33-34-35-37-38-40-42-44-47-50-53-56-59-65(68)71-62-63(61-70-64(67)58-55-52-49-46-21-18-15-12-9-6-3)72-66(69)60-57-54-51-48-45-43-41-39-36-29-27-25-23-20-17-14-11-8-5-2/h12,15,17,20,22,24-25,27-28,30,32-33,36,39,63H,4-11,13-14,16,18-19,21,23,26,29,31,34-35,37-38,40-62H2,1-3H3/b15-12-,20-17-,24-22-,27-25-,30-28-,33-32-,39-36-. The van der Waals surface area contributed by atoms with Gasteiger partial charge in [-0.15, -0.1) is 0 Å². The molecule has 6 heteroatoms.